The highest BCUT2D eigenvalue weighted by Crippen LogP contribution is 2.19. The molecule has 64 valence electrons. The molecule has 1 aromatic rings. The van der Waals surface area contributed by atoms with E-state index in [0.717, 1.165) is 5.69 Å². The van der Waals surface area contributed by atoms with E-state index < -0.39 is 11.9 Å². The van der Waals surface area contributed by atoms with Crippen LogP contribution in [0.4, 0.5) is 0 Å². The molecule has 1 atom stereocenters. The number of H-pyrrole nitrogens is 1. The summed E-state index contributed by atoms with van der Waals surface area (Å²) in [4.78, 5) is 17.6. The number of hydrogen-bond acceptors (Lipinski definition) is 3. The van der Waals surface area contributed by atoms with E-state index in [1.165, 1.54) is 6.33 Å². The lowest BCUT2D eigenvalue weighted by atomic mass is 10.0. The van der Waals surface area contributed by atoms with Crippen LogP contribution in [0.5, 0.6) is 0 Å². The van der Waals surface area contributed by atoms with Crippen molar-refractivity contribution in [3.63, 3.8) is 0 Å². The minimum atomic E-state index is -0.824. The zero-order valence-corrected chi connectivity index (χ0v) is 6.37. The van der Waals surface area contributed by atoms with E-state index in [-0.39, 0.29) is 0 Å². The molecule has 1 aromatic heterocycles. The van der Waals surface area contributed by atoms with E-state index in [9.17, 15) is 4.79 Å². The van der Waals surface area contributed by atoms with Crippen LogP contribution in [0.25, 0.3) is 0 Å². The van der Waals surface area contributed by atoms with Crippen molar-refractivity contribution in [3.8, 4) is 0 Å². The Hall–Kier alpha value is -1.36. The zero-order valence-electron chi connectivity index (χ0n) is 6.37. The molecule has 0 spiro atoms. The summed E-state index contributed by atoms with van der Waals surface area (Å²) in [5.41, 5.74) is 1.55. The SMILES string of the molecule is O=C(O)C1CNCc2[nH]cnc21. The van der Waals surface area contributed by atoms with Gasteiger partial charge in [-0.05, 0) is 0 Å². The smallest absolute Gasteiger partial charge is 0.313 e. The minimum absolute atomic E-state index is 0.465. The van der Waals surface area contributed by atoms with Gasteiger partial charge in [0.25, 0.3) is 0 Å². The van der Waals surface area contributed by atoms with Crippen molar-refractivity contribution in [2.45, 2.75) is 12.5 Å². The molecule has 0 radical (unpaired) electrons. The number of aromatic nitrogens is 2. The number of aromatic amines is 1. The van der Waals surface area contributed by atoms with Gasteiger partial charge in [-0.2, -0.15) is 0 Å². The van der Waals surface area contributed by atoms with Crippen molar-refractivity contribution in [3.05, 3.63) is 17.7 Å². The molecule has 0 bridgehead atoms. The Bertz CT molecular complexity index is 307. The lowest BCUT2D eigenvalue weighted by Gasteiger charge is -2.18. The van der Waals surface area contributed by atoms with Crippen LogP contribution in [-0.2, 0) is 11.3 Å². The molecule has 0 amide bonds. The predicted octanol–water partition coefficient (Wildman–Crippen LogP) is -0.319. The summed E-state index contributed by atoms with van der Waals surface area (Å²) < 4.78 is 0. The van der Waals surface area contributed by atoms with E-state index in [1.54, 1.807) is 0 Å². The number of fused-ring (bicyclic) bond motifs is 1. The van der Waals surface area contributed by atoms with Crippen LogP contribution in [0.15, 0.2) is 6.33 Å². The number of carbonyl (C=O) groups is 1. The molecule has 1 aliphatic heterocycles. The normalized spacial score (nSPS) is 21.8. The highest BCUT2D eigenvalue weighted by atomic mass is 16.4. The average molecular weight is 167 g/mol. The Morgan fingerprint density at radius 2 is 2.58 bits per heavy atom. The van der Waals surface area contributed by atoms with Crippen molar-refractivity contribution in [2.75, 3.05) is 6.54 Å². The van der Waals surface area contributed by atoms with E-state index in [2.05, 4.69) is 15.3 Å². The molecular formula is C7H9N3O2. The lowest BCUT2D eigenvalue weighted by molar-refractivity contribution is -0.138. The summed E-state index contributed by atoms with van der Waals surface area (Å²) in [6, 6.07) is 0. The second kappa shape index (κ2) is 2.60. The van der Waals surface area contributed by atoms with Crippen molar-refractivity contribution in [1.29, 1.82) is 0 Å². The Labute approximate surface area is 68.8 Å². The summed E-state index contributed by atoms with van der Waals surface area (Å²) in [5.74, 6) is -1.32. The van der Waals surface area contributed by atoms with Gasteiger partial charge in [0.05, 0.1) is 17.7 Å². The second-order valence-corrected chi connectivity index (χ2v) is 2.79. The van der Waals surface area contributed by atoms with E-state index >= 15 is 0 Å². The highest BCUT2D eigenvalue weighted by Gasteiger charge is 2.27. The first kappa shape index (κ1) is 7.30. The molecule has 2 heterocycles. The summed E-state index contributed by atoms with van der Waals surface area (Å²) in [7, 11) is 0. The summed E-state index contributed by atoms with van der Waals surface area (Å²) in [5, 5.41) is 11.8. The third-order valence-corrected chi connectivity index (χ3v) is 2.03. The first-order valence-corrected chi connectivity index (χ1v) is 3.74. The van der Waals surface area contributed by atoms with Crippen LogP contribution in [0.3, 0.4) is 0 Å². The zero-order chi connectivity index (χ0) is 8.55. The fourth-order valence-corrected chi connectivity index (χ4v) is 1.42. The number of nitrogens with zero attached hydrogens (tertiary/aromatic N) is 1. The number of imidazole rings is 1. The largest absolute Gasteiger partial charge is 0.481 e. The number of hydrogen-bond donors (Lipinski definition) is 3. The molecule has 1 unspecified atom stereocenters. The van der Waals surface area contributed by atoms with Crippen molar-refractivity contribution in [2.24, 2.45) is 0 Å². The quantitative estimate of drug-likeness (QED) is 0.535. The third-order valence-electron chi connectivity index (χ3n) is 2.03. The van der Waals surface area contributed by atoms with Gasteiger partial charge < -0.3 is 15.4 Å². The van der Waals surface area contributed by atoms with E-state index in [0.29, 0.717) is 18.8 Å². The third kappa shape index (κ3) is 0.984. The van der Waals surface area contributed by atoms with Gasteiger partial charge in [0.15, 0.2) is 0 Å². The van der Waals surface area contributed by atoms with Crippen LogP contribution in [0.2, 0.25) is 0 Å². The number of carboxylic acids is 1. The molecule has 0 saturated carbocycles. The fraction of sp³-hybridized carbons (Fsp3) is 0.429. The Morgan fingerprint density at radius 1 is 1.75 bits per heavy atom. The van der Waals surface area contributed by atoms with Gasteiger partial charge in [0.1, 0.15) is 5.92 Å². The predicted molar refractivity (Wildman–Crippen MR) is 40.7 cm³/mol. The molecule has 12 heavy (non-hydrogen) atoms. The monoisotopic (exact) mass is 167 g/mol. The Morgan fingerprint density at radius 3 is 3.33 bits per heavy atom. The van der Waals surface area contributed by atoms with E-state index in [1.807, 2.05) is 0 Å². The Kier molecular flexibility index (Phi) is 1.58. The van der Waals surface area contributed by atoms with Gasteiger partial charge in [0.2, 0.25) is 0 Å². The average Bonchev–Trinajstić information content (AvgIpc) is 2.49. The van der Waals surface area contributed by atoms with Crippen molar-refractivity contribution >= 4 is 5.97 Å². The fourth-order valence-electron chi connectivity index (χ4n) is 1.42. The van der Waals surface area contributed by atoms with Crippen LogP contribution < -0.4 is 5.32 Å². The van der Waals surface area contributed by atoms with Crippen molar-refractivity contribution in [1.82, 2.24) is 15.3 Å². The molecule has 0 fully saturated rings. The van der Waals surface area contributed by atoms with Gasteiger partial charge in [0, 0.05) is 13.1 Å². The van der Waals surface area contributed by atoms with E-state index in [4.69, 9.17) is 5.11 Å². The maximum atomic E-state index is 10.7. The molecule has 0 saturated heterocycles. The van der Waals surface area contributed by atoms with Gasteiger partial charge in [-0.25, -0.2) is 4.98 Å². The van der Waals surface area contributed by atoms with Crippen LogP contribution in [0.1, 0.15) is 17.3 Å². The van der Waals surface area contributed by atoms with Gasteiger partial charge in [-0.1, -0.05) is 0 Å². The maximum absolute atomic E-state index is 10.7. The lowest BCUT2D eigenvalue weighted by Crippen LogP contribution is -2.32. The van der Waals surface area contributed by atoms with Crippen LogP contribution in [0, 0.1) is 0 Å². The molecule has 5 heteroatoms. The number of nitrogens with one attached hydrogen (secondary N) is 2. The standard InChI is InChI=1S/C7H9N3O2/c11-7(12)4-1-8-2-5-6(4)10-3-9-5/h3-4,8H,1-2H2,(H,9,10)(H,11,12). The molecule has 3 N–H and O–H groups in total. The highest BCUT2D eigenvalue weighted by molar-refractivity contribution is 5.76. The molecule has 1 aliphatic rings. The molecule has 5 nitrogen and oxygen atoms in total. The maximum Gasteiger partial charge on any atom is 0.313 e. The summed E-state index contributed by atoms with van der Waals surface area (Å²) in [6.07, 6.45) is 1.54. The van der Waals surface area contributed by atoms with Gasteiger partial charge in [-0.3, -0.25) is 4.79 Å². The first-order chi connectivity index (χ1) is 5.79. The van der Waals surface area contributed by atoms with Crippen LogP contribution >= 0.6 is 0 Å². The molecular weight excluding hydrogens is 158 g/mol. The van der Waals surface area contributed by atoms with Crippen molar-refractivity contribution < 1.29 is 9.90 Å². The summed E-state index contributed by atoms with van der Waals surface area (Å²) >= 11 is 0. The number of aliphatic carboxylic acids is 1. The number of rotatable bonds is 1. The molecule has 2 rings (SSSR count). The van der Waals surface area contributed by atoms with Gasteiger partial charge in [-0.15, -0.1) is 0 Å². The first-order valence-electron chi connectivity index (χ1n) is 3.74. The minimum Gasteiger partial charge on any atom is -0.481 e. The number of carboxylic acid groups (broad SMARTS) is 1. The second-order valence-electron chi connectivity index (χ2n) is 2.79. The molecule has 0 aliphatic carbocycles. The topological polar surface area (TPSA) is 78.0 Å². The summed E-state index contributed by atoms with van der Waals surface area (Å²) in [6.45, 7) is 1.15. The van der Waals surface area contributed by atoms with Crippen LogP contribution in [-0.4, -0.2) is 27.6 Å². The Balaban J connectivity index is 2.37. The molecule has 0 aromatic carbocycles. The van der Waals surface area contributed by atoms with Gasteiger partial charge >= 0.3 is 5.97 Å².